The normalized spacial score (nSPS) is 11.5. The highest BCUT2D eigenvalue weighted by Gasteiger charge is 2.27. The molecular formula is C12H21N3O2. The number of aryl methyl sites for hydroxylation is 1. The van der Waals surface area contributed by atoms with Gasteiger partial charge in [0.2, 0.25) is 0 Å². The number of carbonyl (C=O) groups is 1. The summed E-state index contributed by atoms with van der Waals surface area (Å²) in [5.41, 5.74) is -0.767. The Kier molecular flexibility index (Phi) is 4.69. The Labute approximate surface area is 102 Å². The van der Waals surface area contributed by atoms with Gasteiger partial charge in [-0.3, -0.25) is 4.79 Å². The number of nitrogens with zero attached hydrogens (tertiary/aromatic N) is 2. The van der Waals surface area contributed by atoms with Crippen LogP contribution in [0.15, 0.2) is 12.4 Å². The second-order valence-electron chi connectivity index (χ2n) is 4.40. The molecule has 1 amide bonds. The van der Waals surface area contributed by atoms with Crippen LogP contribution in [0.1, 0.15) is 26.6 Å². The molecule has 1 N–H and O–H groups in total. The molecule has 0 radical (unpaired) electrons. The molecule has 0 bridgehead atoms. The Bertz CT molecular complexity index is 372. The van der Waals surface area contributed by atoms with Gasteiger partial charge in [0.25, 0.3) is 5.91 Å². The summed E-state index contributed by atoms with van der Waals surface area (Å²) in [6, 6.07) is 0. The first-order valence-corrected chi connectivity index (χ1v) is 5.86. The summed E-state index contributed by atoms with van der Waals surface area (Å²) in [7, 11) is 1.94. The Morgan fingerprint density at radius 2 is 2.29 bits per heavy atom. The highest BCUT2D eigenvalue weighted by atomic mass is 16.5. The summed E-state index contributed by atoms with van der Waals surface area (Å²) in [5.74, 6) is 0.869. The molecule has 1 rings (SSSR count). The van der Waals surface area contributed by atoms with Crippen LogP contribution in [0.5, 0.6) is 0 Å². The third-order valence-electron chi connectivity index (χ3n) is 2.61. The number of ether oxygens (including phenoxy) is 1. The van der Waals surface area contributed by atoms with Crippen molar-refractivity contribution < 1.29 is 9.53 Å². The summed E-state index contributed by atoms with van der Waals surface area (Å²) in [4.78, 5) is 16.0. The van der Waals surface area contributed by atoms with Crippen LogP contribution in [0, 0.1) is 0 Å². The van der Waals surface area contributed by atoms with Crippen LogP contribution in [0.3, 0.4) is 0 Å². The van der Waals surface area contributed by atoms with E-state index in [1.165, 1.54) is 0 Å². The summed E-state index contributed by atoms with van der Waals surface area (Å²) in [6.07, 6.45) is 4.36. The average Bonchev–Trinajstić information content (AvgIpc) is 2.64. The molecular weight excluding hydrogens is 218 g/mol. The first-order valence-electron chi connectivity index (χ1n) is 5.86. The van der Waals surface area contributed by atoms with Gasteiger partial charge in [0.05, 0.1) is 0 Å². The van der Waals surface area contributed by atoms with Gasteiger partial charge in [-0.1, -0.05) is 0 Å². The van der Waals surface area contributed by atoms with Crippen LogP contribution in [-0.4, -0.2) is 34.2 Å². The molecule has 0 aliphatic rings. The van der Waals surface area contributed by atoms with Crippen molar-refractivity contribution >= 4 is 5.91 Å². The SMILES string of the molecule is CCOC(C)(C)C(=O)NCCc1nccn1C. The van der Waals surface area contributed by atoms with E-state index >= 15 is 0 Å². The monoisotopic (exact) mass is 239 g/mol. The van der Waals surface area contributed by atoms with Gasteiger partial charge in [0.1, 0.15) is 11.4 Å². The summed E-state index contributed by atoms with van der Waals surface area (Å²) in [6.45, 7) is 6.52. The molecule has 0 unspecified atom stereocenters. The predicted octanol–water partition coefficient (Wildman–Crippen LogP) is 0.894. The third-order valence-corrected chi connectivity index (χ3v) is 2.61. The van der Waals surface area contributed by atoms with Crippen LogP contribution in [0.4, 0.5) is 0 Å². The van der Waals surface area contributed by atoms with Crippen molar-refractivity contribution in [2.24, 2.45) is 7.05 Å². The van der Waals surface area contributed by atoms with Gasteiger partial charge in [-0.15, -0.1) is 0 Å². The fourth-order valence-electron chi connectivity index (χ4n) is 1.56. The maximum absolute atomic E-state index is 11.8. The molecule has 0 aromatic carbocycles. The van der Waals surface area contributed by atoms with E-state index in [0.717, 1.165) is 12.2 Å². The molecule has 5 heteroatoms. The van der Waals surface area contributed by atoms with Crippen molar-refractivity contribution in [3.8, 4) is 0 Å². The van der Waals surface area contributed by atoms with Gasteiger partial charge in [-0.25, -0.2) is 4.98 Å². The molecule has 0 atom stereocenters. The van der Waals surface area contributed by atoms with E-state index in [2.05, 4.69) is 10.3 Å². The third kappa shape index (κ3) is 3.85. The number of aromatic nitrogens is 2. The Morgan fingerprint density at radius 1 is 1.59 bits per heavy atom. The molecule has 0 saturated carbocycles. The minimum atomic E-state index is -0.767. The lowest BCUT2D eigenvalue weighted by Crippen LogP contribution is -2.45. The Hall–Kier alpha value is -1.36. The zero-order valence-electron chi connectivity index (χ0n) is 11.0. The lowest BCUT2D eigenvalue weighted by molar-refractivity contribution is -0.142. The van der Waals surface area contributed by atoms with Crippen molar-refractivity contribution in [2.45, 2.75) is 32.8 Å². The van der Waals surface area contributed by atoms with E-state index in [1.807, 2.05) is 24.7 Å². The van der Waals surface area contributed by atoms with Gasteiger partial charge in [-0.2, -0.15) is 0 Å². The number of carbonyl (C=O) groups excluding carboxylic acids is 1. The van der Waals surface area contributed by atoms with Gasteiger partial charge in [-0.05, 0) is 20.8 Å². The minimum absolute atomic E-state index is 0.0893. The molecule has 0 aliphatic heterocycles. The number of amides is 1. The van der Waals surface area contributed by atoms with E-state index in [9.17, 15) is 4.79 Å². The van der Waals surface area contributed by atoms with Crippen molar-refractivity contribution in [1.82, 2.24) is 14.9 Å². The van der Waals surface area contributed by atoms with Crippen LogP contribution < -0.4 is 5.32 Å². The molecule has 0 fully saturated rings. The Morgan fingerprint density at radius 3 is 2.82 bits per heavy atom. The zero-order chi connectivity index (χ0) is 12.9. The van der Waals surface area contributed by atoms with Crippen molar-refractivity contribution in [3.63, 3.8) is 0 Å². The van der Waals surface area contributed by atoms with Crippen molar-refractivity contribution in [1.29, 1.82) is 0 Å². The van der Waals surface area contributed by atoms with E-state index < -0.39 is 5.60 Å². The molecule has 1 aromatic heterocycles. The highest BCUT2D eigenvalue weighted by molar-refractivity contribution is 5.84. The lowest BCUT2D eigenvalue weighted by Gasteiger charge is -2.23. The van der Waals surface area contributed by atoms with Gasteiger partial charge >= 0.3 is 0 Å². The topological polar surface area (TPSA) is 56.1 Å². The molecule has 0 aliphatic carbocycles. The van der Waals surface area contributed by atoms with Crippen molar-refractivity contribution in [3.05, 3.63) is 18.2 Å². The molecule has 1 heterocycles. The number of hydrogen-bond acceptors (Lipinski definition) is 3. The average molecular weight is 239 g/mol. The number of imidazole rings is 1. The molecule has 96 valence electrons. The molecule has 1 aromatic rings. The molecule has 5 nitrogen and oxygen atoms in total. The lowest BCUT2D eigenvalue weighted by atomic mass is 10.1. The van der Waals surface area contributed by atoms with Crippen LogP contribution in [0.2, 0.25) is 0 Å². The second kappa shape index (κ2) is 5.82. The highest BCUT2D eigenvalue weighted by Crippen LogP contribution is 2.08. The number of rotatable bonds is 6. The fourth-order valence-corrected chi connectivity index (χ4v) is 1.56. The first-order chi connectivity index (χ1) is 7.97. The van der Waals surface area contributed by atoms with Crippen LogP contribution >= 0.6 is 0 Å². The van der Waals surface area contributed by atoms with Crippen molar-refractivity contribution in [2.75, 3.05) is 13.2 Å². The summed E-state index contributed by atoms with van der Waals surface area (Å²) in [5, 5.41) is 2.86. The molecule has 17 heavy (non-hydrogen) atoms. The van der Waals surface area contributed by atoms with Gasteiger partial charge < -0.3 is 14.6 Å². The van der Waals surface area contributed by atoms with E-state index in [-0.39, 0.29) is 5.91 Å². The van der Waals surface area contributed by atoms with Gasteiger partial charge in [0.15, 0.2) is 0 Å². The predicted molar refractivity (Wildman–Crippen MR) is 65.6 cm³/mol. The largest absolute Gasteiger partial charge is 0.366 e. The summed E-state index contributed by atoms with van der Waals surface area (Å²) >= 11 is 0. The quantitative estimate of drug-likeness (QED) is 0.802. The maximum Gasteiger partial charge on any atom is 0.251 e. The fraction of sp³-hybridized carbons (Fsp3) is 0.667. The summed E-state index contributed by atoms with van der Waals surface area (Å²) < 4.78 is 7.31. The van der Waals surface area contributed by atoms with Crippen LogP contribution in [0.25, 0.3) is 0 Å². The maximum atomic E-state index is 11.8. The number of hydrogen-bond donors (Lipinski definition) is 1. The first kappa shape index (κ1) is 13.7. The zero-order valence-corrected chi connectivity index (χ0v) is 11.0. The molecule has 0 saturated heterocycles. The smallest absolute Gasteiger partial charge is 0.251 e. The Balaban J connectivity index is 2.36. The molecule has 0 spiro atoms. The van der Waals surface area contributed by atoms with E-state index in [4.69, 9.17) is 4.74 Å². The standard InChI is InChI=1S/C12H21N3O2/c1-5-17-12(2,3)11(16)14-7-6-10-13-8-9-15(10)4/h8-9H,5-7H2,1-4H3,(H,14,16). The van der Waals surface area contributed by atoms with Gasteiger partial charge in [0, 0.05) is 39.0 Å². The minimum Gasteiger partial charge on any atom is -0.366 e. The van der Waals surface area contributed by atoms with E-state index in [0.29, 0.717) is 13.2 Å². The number of nitrogens with one attached hydrogen (secondary N) is 1. The second-order valence-corrected chi connectivity index (χ2v) is 4.40. The van der Waals surface area contributed by atoms with Crippen LogP contribution in [-0.2, 0) is 23.0 Å². The van der Waals surface area contributed by atoms with E-state index in [1.54, 1.807) is 20.0 Å².